The molecule has 0 aromatic rings. The molecule has 0 radical (unpaired) electrons. The lowest BCUT2D eigenvalue weighted by Gasteiger charge is -2.17. The monoisotopic (exact) mass is 364 g/mol. The molecule has 2 N–H and O–H groups in total. The molecular formula is C22H36O4. The second-order valence-corrected chi connectivity index (χ2v) is 7.62. The summed E-state index contributed by atoms with van der Waals surface area (Å²) in [5.41, 5.74) is 0. The highest BCUT2D eigenvalue weighted by atomic mass is 16.4. The lowest BCUT2D eigenvalue weighted by molar-refractivity contribution is -0.137. The fourth-order valence-corrected chi connectivity index (χ4v) is 3.54. The van der Waals surface area contributed by atoms with Crippen LogP contribution >= 0.6 is 0 Å². The van der Waals surface area contributed by atoms with Crippen LogP contribution in [0.1, 0.15) is 78.1 Å². The van der Waals surface area contributed by atoms with Crippen LogP contribution in [-0.2, 0) is 9.59 Å². The van der Waals surface area contributed by atoms with Crippen LogP contribution in [0.4, 0.5) is 0 Å². The third-order valence-corrected chi connectivity index (χ3v) is 5.37. The highest BCUT2D eigenvalue weighted by molar-refractivity contribution is 5.83. The molecule has 2 unspecified atom stereocenters. The molecule has 0 aromatic heterocycles. The van der Waals surface area contributed by atoms with Gasteiger partial charge in [-0.2, -0.15) is 0 Å². The number of carbonyl (C=O) groups excluding carboxylic acids is 1. The molecule has 1 aliphatic rings. The average Bonchev–Trinajstić information content (AvgIpc) is 2.95. The molecular weight excluding hydrogens is 328 g/mol. The van der Waals surface area contributed by atoms with E-state index in [2.05, 4.69) is 19.9 Å². The van der Waals surface area contributed by atoms with Gasteiger partial charge in [0.25, 0.3) is 0 Å². The van der Waals surface area contributed by atoms with E-state index in [1.165, 1.54) is 12.8 Å². The molecule has 4 heteroatoms. The van der Waals surface area contributed by atoms with Gasteiger partial charge in [-0.25, -0.2) is 0 Å². The first-order chi connectivity index (χ1) is 12.5. The lowest BCUT2D eigenvalue weighted by atomic mass is 9.90. The van der Waals surface area contributed by atoms with Gasteiger partial charge in [0.05, 0.1) is 6.10 Å². The van der Waals surface area contributed by atoms with Gasteiger partial charge in [0.1, 0.15) is 5.78 Å². The van der Waals surface area contributed by atoms with Gasteiger partial charge in [-0.3, -0.25) is 9.59 Å². The van der Waals surface area contributed by atoms with Crippen LogP contribution in [-0.4, -0.2) is 28.1 Å². The number of aliphatic carboxylic acids is 1. The van der Waals surface area contributed by atoms with Crippen molar-refractivity contribution in [3.05, 3.63) is 24.3 Å². The summed E-state index contributed by atoms with van der Waals surface area (Å²) in [6.45, 7) is 4.26. The third kappa shape index (κ3) is 8.79. The van der Waals surface area contributed by atoms with E-state index < -0.39 is 12.1 Å². The lowest BCUT2D eigenvalue weighted by Crippen LogP contribution is -2.17. The van der Waals surface area contributed by atoms with E-state index in [1.54, 1.807) is 0 Å². The minimum Gasteiger partial charge on any atom is -0.481 e. The van der Waals surface area contributed by atoms with Gasteiger partial charge in [0.15, 0.2) is 0 Å². The van der Waals surface area contributed by atoms with Gasteiger partial charge in [0, 0.05) is 18.8 Å². The van der Waals surface area contributed by atoms with Crippen molar-refractivity contribution in [2.75, 3.05) is 0 Å². The van der Waals surface area contributed by atoms with E-state index in [1.807, 2.05) is 18.2 Å². The molecule has 0 saturated heterocycles. The van der Waals surface area contributed by atoms with Crippen molar-refractivity contribution in [3.63, 3.8) is 0 Å². The highest BCUT2D eigenvalue weighted by Gasteiger charge is 2.32. The summed E-state index contributed by atoms with van der Waals surface area (Å²) in [6, 6.07) is 0. The molecule has 0 aliphatic heterocycles. The molecule has 0 aromatic carbocycles. The van der Waals surface area contributed by atoms with Crippen LogP contribution in [0.3, 0.4) is 0 Å². The first-order valence-electron chi connectivity index (χ1n) is 10.2. The van der Waals surface area contributed by atoms with Crippen molar-refractivity contribution in [3.8, 4) is 0 Å². The second kappa shape index (κ2) is 12.9. The summed E-state index contributed by atoms with van der Waals surface area (Å²) in [6.07, 6.45) is 15.8. The number of aliphatic hydroxyl groups is 1. The Labute approximate surface area is 158 Å². The second-order valence-electron chi connectivity index (χ2n) is 7.62. The maximum Gasteiger partial charge on any atom is 0.303 e. The summed E-state index contributed by atoms with van der Waals surface area (Å²) in [4.78, 5) is 22.6. The summed E-state index contributed by atoms with van der Waals surface area (Å²) in [7, 11) is 0. The van der Waals surface area contributed by atoms with Gasteiger partial charge in [0.2, 0.25) is 0 Å². The largest absolute Gasteiger partial charge is 0.481 e. The molecule has 148 valence electrons. The topological polar surface area (TPSA) is 74.6 Å². The van der Waals surface area contributed by atoms with Gasteiger partial charge >= 0.3 is 5.97 Å². The number of hydrogen-bond acceptors (Lipinski definition) is 3. The van der Waals surface area contributed by atoms with Gasteiger partial charge in [-0.05, 0) is 43.9 Å². The first kappa shape index (κ1) is 22.6. The van der Waals surface area contributed by atoms with Crippen molar-refractivity contribution in [2.24, 2.45) is 17.8 Å². The summed E-state index contributed by atoms with van der Waals surface area (Å²) >= 11 is 0. The minimum atomic E-state index is -0.767. The van der Waals surface area contributed by atoms with Gasteiger partial charge < -0.3 is 10.2 Å². The van der Waals surface area contributed by atoms with Crippen molar-refractivity contribution < 1.29 is 19.8 Å². The van der Waals surface area contributed by atoms with Crippen molar-refractivity contribution in [2.45, 2.75) is 84.2 Å². The van der Waals surface area contributed by atoms with E-state index in [9.17, 15) is 14.7 Å². The number of carboxylic acid groups (broad SMARTS) is 1. The van der Waals surface area contributed by atoms with Crippen LogP contribution in [0.2, 0.25) is 0 Å². The Bertz CT molecular complexity index is 481. The fraction of sp³-hybridized carbons (Fsp3) is 0.727. The summed E-state index contributed by atoms with van der Waals surface area (Å²) in [5, 5.41) is 18.9. The molecule has 0 spiro atoms. The summed E-state index contributed by atoms with van der Waals surface area (Å²) in [5.74, 6) is 0.00749. The zero-order valence-corrected chi connectivity index (χ0v) is 16.4. The molecule has 4 nitrogen and oxygen atoms in total. The van der Waals surface area contributed by atoms with Crippen LogP contribution in [0.15, 0.2) is 24.3 Å². The SMILES string of the molecule is CCCCCC(C)C(O)C=C[C@@H]1CCC(=O)[C@H]1CC=CCCCC(=O)O. The zero-order chi connectivity index (χ0) is 19.4. The third-order valence-electron chi connectivity index (χ3n) is 5.37. The van der Waals surface area contributed by atoms with Crippen LogP contribution < -0.4 is 0 Å². The molecule has 1 rings (SSSR count). The first-order valence-corrected chi connectivity index (χ1v) is 10.2. The number of ketones is 1. The van der Waals surface area contributed by atoms with E-state index in [-0.39, 0.29) is 24.2 Å². The van der Waals surface area contributed by atoms with E-state index >= 15 is 0 Å². The molecule has 4 atom stereocenters. The highest BCUT2D eigenvalue weighted by Crippen LogP contribution is 2.33. The number of Topliss-reactive ketones (excluding diaryl/α,β-unsaturated/α-hetero) is 1. The Morgan fingerprint density at radius 3 is 2.73 bits per heavy atom. The van der Waals surface area contributed by atoms with Crippen LogP contribution in [0.25, 0.3) is 0 Å². The zero-order valence-electron chi connectivity index (χ0n) is 16.4. The molecule has 0 bridgehead atoms. The quantitative estimate of drug-likeness (QED) is 0.359. The average molecular weight is 365 g/mol. The van der Waals surface area contributed by atoms with E-state index in [0.717, 1.165) is 25.7 Å². The standard InChI is InChI=1S/C22H36O4/c1-3-4-7-10-17(2)20(23)15-13-18-14-16-21(24)19(18)11-8-5-6-9-12-22(25)26/h5,8,13,15,17-20,23H,3-4,6-7,9-12,14,16H2,1-2H3,(H,25,26)/t17?,18-,19+,20?/m1/s1. The van der Waals surface area contributed by atoms with Crippen molar-refractivity contribution in [1.29, 1.82) is 0 Å². The smallest absolute Gasteiger partial charge is 0.303 e. The maximum atomic E-state index is 12.1. The number of carboxylic acids is 1. The normalized spacial score (nSPS) is 23.1. The number of aliphatic hydroxyl groups excluding tert-OH is 1. The van der Waals surface area contributed by atoms with E-state index in [4.69, 9.17) is 5.11 Å². The van der Waals surface area contributed by atoms with Gasteiger partial charge in [-0.1, -0.05) is 57.4 Å². The number of carbonyl (C=O) groups is 2. The predicted molar refractivity (Wildman–Crippen MR) is 105 cm³/mol. The minimum absolute atomic E-state index is 0.00423. The Hall–Kier alpha value is -1.42. The Balaban J connectivity index is 2.42. The van der Waals surface area contributed by atoms with Crippen molar-refractivity contribution >= 4 is 11.8 Å². The molecule has 1 fully saturated rings. The van der Waals surface area contributed by atoms with Crippen LogP contribution in [0, 0.1) is 17.8 Å². The Kier molecular flexibility index (Phi) is 11.2. The van der Waals surface area contributed by atoms with Gasteiger partial charge in [-0.15, -0.1) is 0 Å². The number of rotatable bonds is 13. The molecule has 0 amide bonds. The fourth-order valence-electron chi connectivity index (χ4n) is 3.54. The molecule has 1 aliphatic carbocycles. The Morgan fingerprint density at radius 2 is 2.04 bits per heavy atom. The van der Waals surface area contributed by atoms with E-state index in [0.29, 0.717) is 25.0 Å². The number of allylic oxidation sites excluding steroid dienone is 3. The van der Waals surface area contributed by atoms with Crippen molar-refractivity contribution in [1.82, 2.24) is 0 Å². The molecule has 1 saturated carbocycles. The maximum absolute atomic E-state index is 12.1. The number of hydrogen-bond donors (Lipinski definition) is 2. The Morgan fingerprint density at radius 1 is 1.27 bits per heavy atom. The predicted octanol–water partition coefficient (Wildman–Crippen LogP) is 4.92. The molecule has 26 heavy (non-hydrogen) atoms. The summed E-state index contributed by atoms with van der Waals surface area (Å²) < 4.78 is 0. The molecule has 0 heterocycles. The van der Waals surface area contributed by atoms with Crippen LogP contribution in [0.5, 0.6) is 0 Å². The number of unbranched alkanes of at least 4 members (excludes halogenated alkanes) is 3.